The van der Waals surface area contributed by atoms with Crippen molar-refractivity contribution >= 4 is 26.6 Å². The van der Waals surface area contributed by atoms with Gasteiger partial charge < -0.3 is 9.88 Å². The van der Waals surface area contributed by atoms with Gasteiger partial charge in [0.05, 0.1) is 6.33 Å². The lowest BCUT2D eigenvalue weighted by atomic mass is 10.1. The standard InChI is InChI=1S/C12H12N4OS/c13-6-8-9-10(11(17)15-7-14-9)18-12(8)16-4-2-1-3-5-16/h7H,1-5H2,(H,14,15,17). The molecule has 0 atom stereocenters. The largest absolute Gasteiger partial charge is 0.362 e. The van der Waals surface area contributed by atoms with Gasteiger partial charge in [-0.15, -0.1) is 11.3 Å². The third-order valence-electron chi connectivity index (χ3n) is 3.22. The first-order valence-electron chi connectivity index (χ1n) is 5.96. The smallest absolute Gasteiger partial charge is 0.268 e. The summed E-state index contributed by atoms with van der Waals surface area (Å²) in [6.45, 7) is 1.92. The first-order chi connectivity index (χ1) is 8.81. The Bertz CT molecular complexity index is 675. The van der Waals surface area contributed by atoms with Crippen LogP contribution in [0.1, 0.15) is 24.8 Å². The third kappa shape index (κ3) is 1.68. The van der Waals surface area contributed by atoms with Crippen molar-refractivity contribution in [1.29, 1.82) is 5.26 Å². The quantitative estimate of drug-likeness (QED) is 0.849. The molecule has 0 unspecified atom stereocenters. The van der Waals surface area contributed by atoms with Gasteiger partial charge in [0.15, 0.2) is 0 Å². The van der Waals surface area contributed by atoms with Crippen LogP contribution in [0.5, 0.6) is 0 Å². The number of nitriles is 1. The summed E-state index contributed by atoms with van der Waals surface area (Å²) in [6.07, 6.45) is 4.88. The van der Waals surface area contributed by atoms with Crippen molar-refractivity contribution in [2.45, 2.75) is 19.3 Å². The molecule has 0 bridgehead atoms. The van der Waals surface area contributed by atoms with E-state index in [0.717, 1.165) is 30.9 Å². The summed E-state index contributed by atoms with van der Waals surface area (Å²) in [4.78, 5) is 20.6. The Kier molecular flexibility index (Phi) is 2.76. The van der Waals surface area contributed by atoms with Crippen molar-refractivity contribution in [3.63, 3.8) is 0 Å². The van der Waals surface area contributed by atoms with Gasteiger partial charge in [-0.05, 0) is 19.3 Å². The number of fused-ring (bicyclic) bond motifs is 1. The van der Waals surface area contributed by atoms with Gasteiger partial charge in [-0.1, -0.05) is 0 Å². The number of piperidine rings is 1. The Morgan fingerprint density at radius 3 is 2.89 bits per heavy atom. The Morgan fingerprint density at radius 2 is 2.17 bits per heavy atom. The van der Waals surface area contributed by atoms with Crippen molar-refractivity contribution in [2.24, 2.45) is 0 Å². The molecule has 1 aliphatic heterocycles. The molecule has 0 saturated carbocycles. The van der Waals surface area contributed by atoms with Gasteiger partial charge in [0, 0.05) is 13.1 Å². The minimum absolute atomic E-state index is 0.162. The Balaban J connectivity index is 2.20. The van der Waals surface area contributed by atoms with Crippen LogP contribution in [0.2, 0.25) is 0 Å². The maximum atomic E-state index is 11.7. The molecule has 3 heterocycles. The van der Waals surface area contributed by atoms with Gasteiger partial charge in [0.2, 0.25) is 0 Å². The summed E-state index contributed by atoms with van der Waals surface area (Å²) < 4.78 is 0.551. The van der Waals surface area contributed by atoms with Gasteiger partial charge in [0.1, 0.15) is 26.9 Å². The van der Waals surface area contributed by atoms with Gasteiger partial charge >= 0.3 is 0 Å². The van der Waals surface area contributed by atoms with Crippen LogP contribution in [0, 0.1) is 11.3 Å². The summed E-state index contributed by atoms with van der Waals surface area (Å²) in [5.41, 5.74) is 0.916. The highest BCUT2D eigenvalue weighted by Gasteiger charge is 2.21. The third-order valence-corrected chi connectivity index (χ3v) is 4.45. The second-order valence-electron chi connectivity index (χ2n) is 4.35. The van der Waals surface area contributed by atoms with Crippen LogP contribution in [-0.2, 0) is 0 Å². The van der Waals surface area contributed by atoms with E-state index in [1.165, 1.54) is 24.1 Å². The summed E-state index contributed by atoms with van der Waals surface area (Å²) >= 11 is 1.38. The lowest BCUT2D eigenvalue weighted by molar-refractivity contribution is 0.580. The highest BCUT2D eigenvalue weighted by molar-refractivity contribution is 7.23. The second kappa shape index (κ2) is 4.42. The number of aromatic amines is 1. The number of nitrogens with one attached hydrogen (secondary N) is 1. The van der Waals surface area contributed by atoms with E-state index in [9.17, 15) is 10.1 Å². The zero-order valence-corrected chi connectivity index (χ0v) is 10.6. The average molecular weight is 260 g/mol. The van der Waals surface area contributed by atoms with Crippen LogP contribution < -0.4 is 10.5 Å². The Morgan fingerprint density at radius 1 is 1.39 bits per heavy atom. The summed E-state index contributed by atoms with van der Waals surface area (Å²) in [5.74, 6) is 0. The molecule has 92 valence electrons. The summed E-state index contributed by atoms with van der Waals surface area (Å²) in [7, 11) is 0. The molecule has 2 aromatic heterocycles. The molecule has 5 nitrogen and oxygen atoms in total. The topological polar surface area (TPSA) is 72.8 Å². The first kappa shape index (κ1) is 11.2. The zero-order chi connectivity index (χ0) is 12.5. The molecule has 0 spiro atoms. The fourth-order valence-electron chi connectivity index (χ4n) is 2.33. The van der Waals surface area contributed by atoms with E-state index >= 15 is 0 Å². The van der Waals surface area contributed by atoms with Gasteiger partial charge in [-0.25, -0.2) is 4.98 Å². The number of rotatable bonds is 1. The highest BCUT2D eigenvalue weighted by atomic mass is 32.1. The lowest BCUT2D eigenvalue weighted by Gasteiger charge is -2.27. The molecular weight excluding hydrogens is 248 g/mol. The van der Waals surface area contributed by atoms with Crippen LogP contribution in [0.15, 0.2) is 11.1 Å². The van der Waals surface area contributed by atoms with E-state index in [2.05, 4.69) is 20.9 Å². The predicted molar refractivity (Wildman–Crippen MR) is 71.0 cm³/mol. The minimum atomic E-state index is -0.162. The van der Waals surface area contributed by atoms with Crippen molar-refractivity contribution in [3.05, 3.63) is 22.2 Å². The van der Waals surface area contributed by atoms with E-state index in [1.54, 1.807) is 0 Å². The average Bonchev–Trinajstić information content (AvgIpc) is 2.80. The number of thiophene rings is 1. The van der Waals surface area contributed by atoms with Crippen LogP contribution in [0.25, 0.3) is 10.2 Å². The molecule has 0 aromatic carbocycles. The fraction of sp³-hybridized carbons (Fsp3) is 0.417. The zero-order valence-electron chi connectivity index (χ0n) is 9.77. The van der Waals surface area contributed by atoms with Gasteiger partial charge in [-0.3, -0.25) is 4.79 Å². The van der Waals surface area contributed by atoms with Crippen molar-refractivity contribution < 1.29 is 0 Å². The van der Waals surface area contributed by atoms with E-state index in [-0.39, 0.29) is 5.56 Å². The molecule has 0 radical (unpaired) electrons. The number of nitrogens with zero attached hydrogens (tertiary/aromatic N) is 3. The molecule has 1 N–H and O–H groups in total. The maximum Gasteiger partial charge on any atom is 0.268 e. The summed E-state index contributed by atoms with van der Waals surface area (Å²) in [6, 6.07) is 2.20. The molecule has 1 fully saturated rings. The molecular formula is C12H12N4OS. The van der Waals surface area contributed by atoms with Crippen LogP contribution >= 0.6 is 11.3 Å². The number of anilines is 1. The number of aromatic nitrogens is 2. The molecule has 3 rings (SSSR count). The van der Waals surface area contributed by atoms with E-state index in [0.29, 0.717) is 15.8 Å². The number of hydrogen-bond donors (Lipinski definition) is 1. The van der Waals surface area contributed by atoms with Crippen LogP contribution in [-0.4, -0.2) is 23.1 Å². The molecule has 18 heavy (non-hydrogen) atoms. The molecule has 0 aliphatic carbocycles. The molecule has 0 amide bonds. The van der Waals surface area contributed by atoms with E-state index < -0.39 is 0 Å². The predicted octanol–water partition coefficient (Wildman–Crippen LogP) is 1.85. The second-order valence-corrected chi connectivity index (χ2v) is 5.35. The van der Waals surface area contributed by atoms with Crippen molar-refractivity contribution in [3.8, 4) is 6.07 Å². The fourth-order valence-corrected chi connectivity index (χ4v) is 3.48. The molecule has 1 saturated heterocycles. The SMILES string of the molecule is N#Cc1c(N2CCCCC2)sc2c(=O)[nH]cnc12. The lowest BCUT2D eigenvalue weighted by Crippen LogP contribution is -2.29. The number of H-pyrrole nitrogens is 1. The highest BCUT2D eigenvalue weighted by Crippen LogP contribution is 2.35. The molecule has 6 heteroatoms. The van der Waals surface area contributed by atoms with Crippen LogP contribution in [0.4, 0.5) is 5.00 Å². The number of hydrogen-bond acceptors (Lipinski definition) is 5. The summed E-state index contributed by atoms with van der Waals surface area (Å²) in [5, 5.41) is 10.2. The first-order valence-corrected chi connectivity index (χ1v) is 6.78. The van der Waals surface area contributed by atoms with Crippen LogP contribution in [0.3, 0.4) is 0 Å². The minimum Gasteiger partial charge on any atom is -0.362 e. The van der Waals surface area contributed by atoms with Gasteiger partial charge in [-0.2, -0.15) is 5.26 Å². The Labute approximate surface area is 108 Å². The Hall–Kier alpha value is -1.87. The van der Waals surface area contributed by atoms with Gasteiger partial charge in [0.25, 0.3) is 5.56 Å². The van der Waals surface area contributed by atoms with Crippen molar-refractivity contribution in [1.82, 2.24) is 9.97 Å². The van der Waals surface area contributed by atoms with E-state index in [1.807, 2.05) is 0 Å². The molecule has 1 aliphatic rings. The van der Waals surface area contributed by atoms with E-state index in [4.69, 9.17) is 0 Å². The molecule has 2 aromatic rings. The van der Waals surface area contributed by atoms with Crippen molar-refractivity contribution in [2.75, 3.05) is 18.0 Å². The maximum absolute atomic E-state index is 11.7. The monoisotopic (exact) mass is 260 g/mol. The normalized spacial score (nSPS) is 15.8.